The first-order valence-corrected chi connectivity index (χ1v) is 7.78. The fourth-order valence-electron chi connectivity index (χ4n) is 1.85. The first-order chi connectivity index (χ1) is 9.81. The molecule has 0 aliphatic carbocycles. The average molecular weight is 291 g/mol. The molecule has 0 saturated carbocycles. The molecule has 0 aliphatic rings. The average Bonchev–Trinajstić information content (AvgIpc) is 3.01. The summed E-state index contributed by atoms with van der Waals surface area (Å²) in [5, 5.41) is 14.5. The number of ether oxygens (including phenoxy) is 1. The van der Waals surface area contributed by atoms with Crippen LogP contribution >= 0.6 is 11.3 Å². The molecule has 0 spiro atoms. The Bertz CT molecular complexity index is 478. The smallest absolute Gasteiger partial charge is 0.122 e. The Balaban J connectivity index is 1.80. The van der Waals surface area contributed by atoms with E-state index in [9.17, 15) is 0 Å². The third kappa shape index (κ3) is 4.63. The molecule has 0 saturated heterocycles. The molecule has 2 rings (SSSR count). The first kappa shape index (κ1) is 15.0. The molecule has 0 unspecified atom stereocenters. The summed E-state index contributed by atoms with van der Waals surface area (Å²) in [5.74, 6) is 0.886. The standard InChI is InChI=1S/C16H21NO2S/c1-2-14(11-18)17-10-13-5-7-15(8-6-13)19-12-16-4-3-9-20-16/h3-9,14,17-18H,2,10-12H2,1H3/t14-/m0/s1. The van der Waals surface area contributed by atoms with Gasteiger partial charge in [0.25, 0.3) is 0 Å². The Hall–Kier alpha value is -1.36. The van der Waals surface area contributed by atoms with Crippen molar-refractivity contribution >= 4 is 11.3 Å². The molecule has 0 radical (unpaired) electrons. The second kappa shape index (κ2) is 8.04. The molecule has 1 aromatic heterocycles. The maximum Gasteiger partial charge on any atom is 0.122 e. The zero-order valence-electron chi connectivity index (χ0n) is 11.7. The second-order valence-electron chi connectivity index (χ2n) is 4.68. The lowest BCUT2D eigenvalue weighted by Gasteiger charge is -2.14. The van der Waals surface area contributed by atoms with Gasteiger partial charge in [0.2, 0.25) is 0 Å². The Kier molecular flexibility index (Phi) is 6.05. The van der Waals surface area contributed by atoms with E-state index in [1.165, 1.54) is 10.4 Å². The normalized spacial score (nSPS) is 12.3. The number of benzene rings is 1. The second-order valence-corrected chi connectivity index (χ2v) is 5.71. The van der Waals surface area contributed by atoms with Gasteiger partial charge in [0.05, 0.1) is 6.61 Å². The van der Waals surface area contributed by atoms with Gasteiger partial charge in [-0.05, 0) is 35.6 Å². The number of hydrogen-bond acceptors (Lipinski definition) is 4. The summed E-state index contributed by atoms with van der Waals surface area (Å²) in [7, 11) is 0. The van der Waals surface area contributed by atoms with Gasteiger partial charge in [-0.2, -0.15) is 0 Å². The predicted octanol–water partition coefficient (Wildman–Crippen LogP) is 3.19. The molecule has 108 valence electrons. The van der Waals surface area contributed by atoms with Gasteiger partial charge in [-0.15, -0.1) is 11.3 Å². The van der Waals surface area contributed by atoms with Crippen LogP contribution in [0.3, 0.4) is 0 Å². The zero-order valence-corrected chi connectivity index (χ0v) is 12.5. The van der Waals surface area contributed by atoms with Crippen LogP contribution in [0, 0.1) is 0 Å². The summed E-state index contributed by atoms with van der Waals surface area (Å²) in [5.41, 5.74) is 1.19. The first-order valence-electron chi connectivity index (χ1n) is 6.90. The highest BCUT2D eigenvalue weighted by Crippen LogP contribution is 2.16. The lowest BCUT2D eigenvalue weighted by molar-refractivity contribution is 0.238. The van der Waals surface area contributed by atoms with E-state index >= 15 is 0 Å². The van der Waals surface area contributed by atoms with Crippen LogP contribution in [0.1, 0.15) is 23.8 Å². The van der Waals surface area contributed by atoms with E-state index in [0.29, 0.717) is 6.61 Å². The topological polar surface area (TPSA) is 41.5 Å². The monoisotopic (exact) mass is 291 g/mol. The van der Waals surface area contributed by atoms with Crippen LogP contribution in [0.15, 0.2) is 41.8 Å². The third-order valence-electron chi connectivity index (χ3n) is 3.19. The highest BCUT2D eigenvalue weighted by molar-refractivity contribution is 7.09. The molecule has 1 atom stereocenters. The number of rotatable bonds is 8. The van der Waals surface area contributed by atoms with Gasteiger partial charge in [0.1, 0.15) is 12.4 Å². The van der Waals surface area contributed by atoms with Crippen LogP contribution in [0.2, 0.25) is 0 Å². The molecule has 2 aromatic rings. The Morgan fingerprint density at radius 3 is 2.65 bits per heavy atom. The van der Waals surface area contributed by atoms with Crippen LogP contribution in [0.5, 0.6) is 5.75 Å². The molecule has 1 heterocycles. The van der Waals surface area contributed by atoms with Gasteiger partial charge in [-0.1, -0.05) is 25.1 Å². The Morgan fingerprint density at radius 2 is 2.05 bits per heavy atom. The maximum atomic E-state index is 9.13. The van der Waals surface area contributed by atoms with Crippen LogP contribution in [-0.2, 0) is 13.2 Å². The van der Waals surface area contributed by atoms with E-state index in [2.05, 4.69) is 35.8 Å². The van der Waals surface area contributed by atoms with E-state index in [0.717, 1.165) is 18.7 Å². The van der Waals surface area contributed by atoms with Crippen LogP contribution in [0.4, 0.5) is 0 Å². The minimum absolute atomic E-state index is 0.171. The minimum Gasteiger partial charge on any atom is -0.488 e. The quantitative estimate of drug-likeness (QED) is 0.785. The molecule has 0 bridgehead atoms. The van der Waals surface area contributed by atoms with Crippen molar-refractivity contribution in [3.63, 3.8) is 0 Å². The van der Waals surface area contributed by atoms with Crippen molar-refractivity contribution in [1.29, 1.82) is 0 Å². The van der Waals surface area contributed by atoms with E-state index in [4.69, 9.17) is 9.84 Å². The van der Waals surface area contributed by atoms with Crippen molar-refractivity contribution in [2.45, 2.75) is 32.5 Å². The van der Waals surface area contributed by atoms with Crippen molar-refractivity contribution < 1.29 is 9.84 Å². The van der Waals surface area contributed by atoms with Crippen molar-refractivity contribution in [1.82, 2.24) is 5.32 Å². The molecule has 0 amide bonds. The van der Waals surface area contributed by atoms with E-state index in [-0.39, 0.29) is 12.6 Å². The fourth-order valence-corrected chi connectivity index (χ4v) is 2.47. The summed E-state index contributed by atoms with van der Waals surface area (Å²) in [6.45, 7) is 3.63. The van der Waals surface area contributed by atoms with Crippen molar-refractivity contribution in [2.24, 2.45) is 0 Å². The summed E-state index contributed by atoms with van der Waals surface area (Å²) in [6.07, 6.45) is 0.929. The van der Waals surface area contributed by atoms with Crippen LogP contribution < -0.4 is 10.1 Å². The number of thiophene rings is 1. The molecule has 1 aromatic carbocycles. The summed E-state index contributed by atoms with van der Waals surface area (Å²) < 4.78 is 5.72. The predicted molar refractivity (Wildman–Crippen MR) is 83.1 cm³/mol. The zero-order chi connectivity index (χ0) is 14.2. The molecular formula is C16H21NO2S. The lowest BCUT2D eigenvalue weighted by Crippen LogP contribution is -2.31. The van der Waals surface area contributed by atoms with Gasteiger partial charge in [-0.3, -0.25) is 0 Å². The molecule has 3 nitrogen and oxygen atoms in total. The van der Waals surface area contributed by atoms with Crippen LogP contribution in [-0.4, -0.2) is 17.8 Å². The van der Waals surface area contributed by atoms with E-state index in [1.54, 1.807) is 11.3 Å². The van der Waals surface area contributed by atoms with Gasteiger partial charge in [0, 0.05) is 17.5 Å². The van der Waals surface area contributed by atoms with Gasteiger partial charge < -0.3 is 15.2 Å². The molecule has 0 aliphatic heterocycles. The third-order valence-corrected chi connectivity index (χ3v) is 4.04. The number of nitrogens with one attached hydrogen (secondary N) is 1. The van der Waals surface area contributed by atoms with Gasteiger partial charge in [-0.25, -0.2) is 0 Å². The summed E-state index contributed by atoms with van der Waals surface area (Å²) in [4.78, 5) is 1.23. The molecule has 4 heteroatoms. The molecule has 20 heavy (non-hydrogen) atoms. The summed E-state index contributed by atoms with van der Waals surface area (Å²) in [6, 6.07) is 12.4. The van der Waals surface area contributed by atoms with Crippen LogP contribution in [0.25, 0.3) is 0 Å². The largest absolute Gasteiger partial charge is 0.488 e. The van der Waals surface area contributed by atoms with Crippen molar-refractivity contribution in [3.05, 3.63) is 52.2 Å². The Morgan fingerprint density at radius 1 is 1.25 bits per heavy atom. The van der Waals surface area contributed by atoms with Crippen molar-refractivity contribution in [2.75, 3.05) is 6.61 Å². The van der Waals surface area contributed by atoms with Gasteiger partial charge >= 0.3 is 0 Å². The van der Waals surface area contributed by atoms with Crippen molar-refractivity contribution in [3.8, 4) is 5.75 Å². The summed E-state index contributed by atoms with van der Waals surface area (Å²) >= 11 is 1.70. The SMILES string of the molecule is CC[C@@H](CO)NCc1ccc(OCc2cccs2)cc1. The maximum absolute atomic E-state index is 9.13. The molecule has 0 fully saturated rings. The number of hydrogen-bond donors (Lipinski definition) is 2. The number of aliphatic hydroxyl groups is 1. The lowest BCUT2D eigenvalue weighted by atomic mass is 10.2. The van der Waals surface area contributed by atoms with E-state index in [1.807, 2.05) is 18.2 Å². The number of aliphatic hydroxyl groups excluding tert-OH is 1. The molecule has 2 N–H and O–H groups in total. The fraction of sp³-hybridized carbons (Fsp3) is 0.375. The molecular weight excluding hydrogens is 270 g/mol. The van der Waals surface area contributed by atoms with Gasteiger partial charge in [0.15, 0.2) is 0 Å². The Labute approximate surface area is 124 Å². The highest BCUT2D eigenvalue weighted by Gasteiger charge is 2.03. The van der Waals surface area contributed by atoms with E-state index < -0.39 is 0 Å². The minimum atomic E-state index is 0.171. The highest BCUT2D eigenvalue weighted by atomic mass is 32.1.